The van der Waals surface area contributed by atoms with Gasteiger partial charge in [0.05, 0.1) is 5.69 Å². The zero-order chi connectivity index (χ0) is 17.4. The maximum absolute atomic E-state index is 11.8. The molecule has 23 heavy (non-hydrogen) atoms. The van der Waals surface area contributed by atoms with E-state index in [0.29, 0.717) is 17.6 Å². The number of para-hydroxylation sites is 1. The summed E-state index contributed by atoms with van der Waals surface area (Å²) < 4.78 is 5.15. The molecule has 1 aromatic carbocycles. The van der Waals surface area contributed by atoms with Crippen LogP contribution in [0.3, 0.4) is 0 Å². The minimum absolute atomic E-state index is 0.0948. The first kappa shape index (κ1) is 18.2. The number of nitrogens with zero attached hydrogens (tertiary/aromatic N) is 1. The fourth-order valence-electron chi connectivity index (χ4n) is 2.13. The quantitative estimate of drug-likeness (QED) is 0.256. The Balaban J connectivity index is 0.000000463. The highest BCUT2D eigenvalue weighted by Gasteiger charge is 2.17. The second-order valence-electron chi connectivity index (χ2n) is 4.39. The summed E-state index contributed by atoms with van der Waals surface area (Å²) >= 11 is 0. The van der Waals surface area contributed by atoms with E-state index in [0.717, 1.165) is 18.5 Å². The van der Waals surface area contributed by atoms with Crippen molar-refractivity contribution in [2.75, 3.05) is 18.0 Å². The third kappa shape index (κ3) is 4.30. The fourth-order valence-corrected chi connectivity index (χ4v) is 2.13. The molecule has 1 aromatic heterocycles. The summed E-state index contributed by atoms with van der Waals surface area (Å²) in [6.45, 7) is 5.43. The van der Waals surface area contributed by atoms with Crippen molar-refractivity contribution in [3.05, 3.63) is 40.2 Å². The first-order valence-corrected chi connectivity index (χ1v) is 6.95. The van der Waals surface area contributed by atoms with Gasteiger partial charge >= 0.3 is 11.7 Å². The Labute approximate surface area is 132 Å². The SMILES string of the molecule is CCN(CC)c1c(C=O)c(=O)oc2ccccc12.NNC(=O)O. The van der Waals surface area contributed by atoms with Crippen LogP contribution in [-0.2, 0) is 0 Å². The third-order valence-electron chi connectivity index (χ3n) is 3.14. The van der Waals surface area contributed by atoms with Crippen molar-refractivity contribution in [2.24, 2.45) is 5.84 Å². The van der Waals surface area contributed by atoms with E-state index in [1.165, 1.54) is 5.43 Å². The number of amides is 1. The van der Waals surface area contributed by atoms with Gasteiger partial charge < -0.3 is 14.4 Å². The predicted octanol–water partition coefficient (Wildman–Crippen LogP) is 1.58. The van der Waals surface area contributed by atoms with Gasteiger partial charge in [-0.05, 0) is 26.0 Å². The molecular weight excluding hydrogens is 302 g/mol. The molecule has 0 spiro atoms. The molecule has 124 valence electrons. The van der Waals surface area contributed by atoms with Crippen molar-refractivity contribution < 1.29 is 19.1 Å². The Morgan fingerprint density at radius 2 is 1.91 bits per heavy atom. The number of benzene rings is 1. The number of hydrogen-bond acceptors (Lipinski definition) is 6. The molecule has 0 aliphatic rings. The number of anilines is 1. The number of hydrogen-bond donors (Lipinski definition) is 3. The summed E-state index contributed by atoms with van der Waals surface area (Å²) in [6.07, 6.45) is -0.642. The number of carbonyl (C=O) groups excluding carboxylic acids is 1. The van der Waals surface area contributed by atoms with E-state index in [4.69, 9.17) is 14.3 Å². The van der Waals surface area contributed by atoms with Crippen LogP contribution in [0.4, 0.5) is 10.5 Å². The monoisotopic (exact) mass is 321 g/mol. The summed E-state index contributed by atoms with van der Waals surface area (Å²) in [5.74, 6) is 4.32. The molecular formula is C15H19N3O5. The van der Waals surface area contributed by atoms with Crippen LogP contribution in [0.2, 0.25) is 0 Å². The molecule has 0 aliphatic carbocycles. The number of nitrogens with two attached hydrogens (primary N) is 1. The van der Waals surface area contributed by atoms with Gasteiger partial charge in [0, 0.05) is 18.5 Å². The van der Waals surface area contributed by atoms with Crippen LogP contribution in [0.15, 0.2) is 33.5 Å². The van der Waals surface area contributed by atoms with Crippen LogP contribution < -0.4 is 21.8 Å². The van der Waals surface area contributed by atoms with Crippen molar-refractivity contribution in [3.63, 3.8) is 0 Å². The molecule has 8 nitrogen and oxygen atoms in total. The average Bonchev–Trinajstić information content (AvgIpc) is 2.56. The topological polar surface area (TPSA) is 126 Å². The van der Waals surface area contributed by atoms with E-state index >= 15 is 0 Å². The molecule has 0 unspecified atom stereocenters. The molecule has 1 heterocycles. The van der Waals surface area contributed by atoms with Gasteiger partial charge in [0.15, 0.2) is 6.29 Å². The highest BCUT2D eigenvalue weighted by Crippen LogP contribution is 2.27. The third-order valence-corrected chi connectivity index (χ3v) is 3.14. The largest absolute Gasteiger partial charge is 0.464 e. The van der Waals surface area contributed by atoms with Gasteiger partial charge in [-0.2, -0.15) is 0 Å². The lowest BCUT2D eigenvalue weighted by molar-refractivity contribution is 0.112. The van der Waals surface area contributed by atoms with Crippen LogP contribution in [0.25, 0.3) is 11.0 Å². The number of aldehydes is 1. The van der Waals surface area contributed by atoms with Gasteiger partial charge in [0.1, 0.15) is 11.1 Å². The molecule has 2 aromatic rings. The Bertz CT molecular complexity index is 737. The maximum Gasteiger partial charge on any atom is 0.418 e. The number of carboxylic acid groups (broad SMARTS) is 1. The summed E-state index contributed by atoms with van der Waals surface area (Å²) in [4.78, 5) is 34.1. The highest BCUT2D eigenvalue weighted by molar-refractivity contribution is 5.99. The first-order valence-electron chi connectivity index (χ1n) is 6.95. The molecule has 0 bridgehead atoms. The lowest BCUT2D eigenvalue weighted by Crippen LogP contribution is -2.27. The second kappa shape index (κ2) is 8.54. The molecule has 2 rings (SSSR count). The number of hydrazine groups is 1. The molecule has 4 N–H and O–H groups in total. The summed E-state index contributed by atoms with van der Waals surface area (Å²) in [6, 6.07) is 7.26. The minimum atomic E-state index is -1.22. The van der Waals surface area contributed by atoms with Crippen molar-refractivity contribution in [1.82, 2.24) is 5.43 Å². The molecule has 0 radical (unpaired) electrons. The zero-order valence-electron chi connectivity index (χ0n) is 12.9. The normalized spacial score (nSPS) is 9.70. The summed E-state index contributed by atoms with van der Waals surface area (Å²) in [5, 5.41) is 8.28. The first-order chi connectivity index (χ1) is 11.0. The molecule has 0 saturated carbocycles. The Morgan fingerprint density at radius 1 is 1.35 bits per heavy atom. The van der Waals surface area contributed by atoms with E-state index in [2.05, 4.69) is 5.84 Å². The van der Waals surface area contributed by atoms with Crippen LogP contribution in [0.5, 0.6) is 0 Å². The van der Waals surface area contributed by atoms with Gasteiger partial charge in [0.2, 0.25) is 0 Å². The van der Waals surface area contributed by atoms with E-state index < -0.39 is 11.7 Å². The van der Waals surface area contributed by atoms with Crippen molar-refractivity contribution in [2.45, 2.75) is 13.8 Å². The Kier molecular flexibility index (Phi) is 6.75. The second-order valence-corrected chi connectivity index (χ2v) is 4.39. The minimum Gasteiger partial charge on any atom is -0.464 e. The lowest BCUT2D eigenvalue weighted by Gasteiger charge is -2.23. The van der Waals surface area contributed by atoms with Gasteiger partial charge in [-0.25, -0.2) is 15.4 Å². The van der Waals surface area contributed by atoms with Gasteiger partial charge in [-0.1, -0.05) is 12.1 Å². The molecule has 8 heteroatoms. The van der Waals surface area contributed by atoms with E-state index in [1.807, 2.05) is 30.9 Å². The lowest BCUT2D eigenvalue weighted by atomic mass is 10.1. The Morgan fingerprint density at radius 3 is 2.39 bits per heavy atom. The average molecular weight is 321 g/mol. The number of carbonyl (C=O) groups is 2. The molecule has 0 saturated heterocycles. The molecule has 0 aliphatic heterocycles. The number of fused-ring (bicyclic) bond motifs is 1. The molecule has 1 amide bonds. The smallest absolute Gasteiger partial charge is 0.418 e. The Hall–Kier alpha value is -2.87. The van der Waals surface area contributed by atoms with Crippen molar-refractivity contribution >= 4 is 29.0 Å². The molecule has 0 fully saturated rings. The maximum atomic E-state index is 11.8. The summed E-state index contributed by atoms with van der Waals surface area (Å²) in [5.41, 5.74) is 2.14. The van der Waals surface area contributed by atoms with Gasteiger partial charge in [-0.15, -0.1) is 0 Å². The van der Waals surface area contributed by atoms with Gasteiger partial charge in [-0.3, -0.25) is 10.2 Å². The van der Waals surface area contributed by atoms with Crippen LogP contribution >= 0.6 is 0 Å². The van der Waals surface area contributed by atoms with E-state index in [9.17, 15) is 9.59 Å². The van der Waals surface area contributed by atoms with Crippen molar-refractivity contribution in [1.29, 1.82) is 0 Å². The van der Waals surface area contributed by atoms with Crippen LogP contribution in [0.1, 0.15) is 24.2 Å². The number of nitrogens with one attached hydrogen (secondary N) is 1. The highest BCUT2D eigenvalue weighted by atomic mass is 16.4. The van der Waals surface area contributed by atoms with Crippen molar-refractivity contribution in [3.8, 4) is 0 Å². The fraction of sp³-hybridized carbons (Fsp3) is 0.267. The van der Waals surface area contributed by atoms with E-state index in [1.54, 1.807) is 12.1 Å². The van der Waals surface area contributed by atoms with Gasteiger partial charge in [0.25, 0.3) is 0 Å². The summed E-state index contributed by atoms with van der Waals surface area (Å²) in [7, 11) is 0. The number of rotatable bonds is 4. The van der Waals surface area contributed by atoms with Crippen LogP contribution in [0, 0.1) is 0 Å². The standard InChI is InChI=1S/C14H15NO3.CH4N2O2/c1-3-15(4-2)13-10-7-5-6-8-12(10)18-14(17)11(13)9-16;2-3-1(4)5/h5-9H,3-4H2,1-2H3;3H,2H2,(H,4,5). The predicted molar refractivity (Wildman–Crippen MR) is 86.8 cm³/mol. The zero-order valence-corrected chi connectivity index (χ0v) is 12.9. The van der Waals surface area contributed by atoms with E-state index in [-0.39, 0.29) is 5.56 Å². The molecule has 0 atom stereocenters. The van der Waals surface area contributed by atoms with Crippen LogP contribution in [-0.4, -0.2) is 30.6 Å².